The molecule has 152 valence electrons. The van der Waals surface area contributed by atoms with E-state index in [0.29, 0.717) is 28.2 Å². The van der Waals surface area contributed by atoms with Crippen LogP contribution < -0.4 is 15.0 Å². The van der Waals surface area contributed by atoms with Crippen LogP contribution in [-0.4, -0.2) is 41.6 Å². The van der Waals surface area contributed by atoms with Crippen LogP contribution in [0.25, 0.3) is 10.8 Å². The van der Waals surface area contributed by atoms with Crippen molar-refractivity contribution < 1.29 is 9.84 Å². The predicted octanol–water partition coefficient (Wildman–Crippen LogP) is 4.52. The molecule has 0 saturated carbocycles. The van der Waals surface area contributed by atoms with E-state index in [1.807, 2.05) is 36.4 Å². The first-order valence-corrected chi connectivity index (χ1v) is 10.3. The van der Waals surface area contributed by atoms with Crippen molar-refractivity contribution in [3.05, 3.63) is 52.0 Å². The number of nitrogens with one attached hydrogen (secondary N) is 1. The first kappa shape index (κ1) is 20.0. The second-order valence-corrected chi connectivity index (χ2v) is 7.95. The number of methoxy groups -OCH3 is 1. The van der Waals surface area contributed by atoms with E-state index >= 15 is 0 Å². The predicted molar refractivity (Wildman–Crippen MR) is 117 cm³/mol. The number of piperidine rings is 1. The van der Waals surface area contributed by atoms with Crippen LogP contribution in [0.2, 0.25) is 10.0 Å². The van der Waals surface area contributed by atoms with Gasteiger partial charge in [-0.05, 0) is 48.7 Å². The van der Waals surface area contributed by atoms with E-state index in [4.69, 9.17) is 27.9 Å². The molecule has 0 radical (unpaired) electrons. The summed E-state index contributed by atoms with van der Waals surface area (Å²) >= 11 is 12.5. The first-order chi connectivity index (χ1) is 14.0. The molecule has 0 unspecified atom stereocenters. The van der Waals surface area contributed by atoms with E-state index in [-0.39, 0.29) is 6.10 Å². The van der Waals surface area contributed by atoms with Gasteiger partial charge in [0.15, 0.2) is 11.6 Å². The lowest BCUT2D eigenvalue weighted by Gasteiger charge is -2.31. The number of aromatic nitrogens is 2. The van der Waals surface area contributed by atoms with Crippen molar-refractivity contribution >= 4 is 45.6 Å². The monoisotopic (exact) mass is 432 g/mol. The number of benzene rings is 2. The maximum absolute atomic E-state index is 9.79. The summed E-state index contributed by atoms with van der Waals surface area (Å²) in [7, 11) is 1.59. The molecular weight excluding hydrogens is 411 g/mol. The maximum Gasteiger partial charge on any atom is 0.159 e. The molecule has 2 N–H and O–H groups in total. The number of nitrogens with zero attached hydrogens (tertiary/aromatic N) is 3. The number of rotatable bonds is 5. The molecule has 3 aromatic rings. The molecule has 1 aliphatic heterocycles. The van der Waals surface area contributed by atoms with Crippen LogP contribution in [0.5, 0.6) is 5.75 Å². The van der Waals surface area contributed by atoms with E-state index in [1.54, 1.807) is 7.11 Å². The summed E-state index contributed by atoms with van der Waals surface area (Å²) in [6.45, 7) is 2.05. The molecule has 0 aliphatic carbocycles. The Morgan fingerprint density at radius 3 is 2.62 bits per heavy atom. The van der Waals surface area contributed by atoms with Crippen molar-refractivity contribution in [3.63, 3.8) is 0 Å². The Balaban J connectivity index is 1.62. The summed E-state index contributed by atoms with van der Waals surface area (Å²) in [5, 5.41) is 25.1. The zero-order chi connectivity index (χ0) is 20.4. The quantitative estimate of drug-likeness (QED) is 0.617. The van der Waals surface area contributed by atoms with Crippen molar-refractivity contribution in [2.75, 3.05) is 30.4 Å². The van der Waals surface area contributed by atoms with Gasteiger partial charge in [0.05, 0.1) is 18.2 Å². The van der Waals surface area contributed by atoms with Crippen molar-refractivity contribution in [3.8, 4) is 5.75 Å². The molecule has 1 aromatic heterocycles. The van der Waals surface area contributed by atoms with Crippen LogP contribution in [0.3, 0.4) is 0 Å². The fourth-order valence-electron chi connectivity index (χ4n) is 3.56. The minimum atomic E-state index is -0.239. The van der Waals surface area contributed by atoms with E-state index in [2.05, 4.69) is 20.4 Å². The number of hydrogen-bond acceptors (Lipinski definition) is 6. The summed E-state index contributed by atoms with van der Waals surface area (Å²) in [5.74, 6) is 2.13. The molecule has 1 aliphatic rings. The number of aliphatic hydroxyl groups is 1. The van der Waals surface area contributed by atoms with Crippen molar-refractivity contribution in [2.45, 2.75) is 25.5 Å². The van der Waals surface area contributed by atoms with Gasteiger partial charge in [-0.15, -0.1) is 10.2 Å². The van der Waals surface area contributed by atoms with Crippen LogP contribution >= 0.6 is 23.2 Å². The number of ether oxygens (including phenoxy) is 1. The smallest absolute Gasteiger partial charge is 0.159 e. The number of anilines is 2. The summed E-state index contributed by atoms with van der Waals surface area (Å²) in [6, 6.07) is 11.4. The Hall–Kier alpha value is -2.28. The van der Waals surface area contributed by atoms with Gasteiger partial charge in [-0.2, -0.15) is 0 Å². The fraction of sp³-hybridized carbons (Fsp3) is 0.333. The third-order valence-corrected chi connectivity index (χ3v) is 5.69. The van der Waals surface area contributed by atoms with Gasteiger partial charge in [0.25, 0.3) is 0 Å². The average Bonchev–Trinajstić information content (AvgIpc) is 2.72. The zero-order valence-electron chi connectivity index (χ0n) is 16.0. The van der Waals surface area contributed by atoms with Gasteiger partial charge >= 0.3 is 0 Å². The highest BCUT2D eigenvalue weighted by atomic mass is 35.5. The molecule has 8 heteroatoms. The second kappa shape index (κ2) is 8.61. The molecule has 29 heavy (non-hydrogen) atoms. The van der Waals surface area contributed by atoms with Gasteiger partial charge < -0.3 is 20.1 Å². The second-order valence-electron chi connectivity index (χ2n) is 7.10. The number of fused-ring (bicyclic) bond motifs is 1. The Bertz CT molecular complexity index is 1020. The topological polar surface area (TPSA) is 70.5 Å². The molecule has 2 aromatic carbocycles. The number of aliphatic hydroxyl groups excluding tert-OH is 1. The Labute approximate surface area is 179 Å². The lowest BCUT2D eigenvalue weighted by atomic mass is 10.1. The first-order valence-electron chi connectivity index (χ1n) is 9.50. The highest BCUT2D eigenvalue weighted by molar-refractivity contribution is 6.32. The van der Waals surface area contributed by atoms with Crippen molar-refractivity contribution in [2.24, 2.45) is 0 Å². The van der Waals surface area contributed by atoms with Gasteiger partial charge in [0, 0.05) is 35.4 Å². The minimum absolute atomic E-state index is 0.239. The third-order valence-electron chi connectivity index (χ3n) is 5.16. The van der Waals surface area contributed by atoms with Gasteiger partial charge in [0.2, 0.25) is 0 Å². The van der Waals surface area contributed by atoms with Crippen LogP contribution in [0.15, 0.2) is 36.4 Å². The molecule has 1 saturated heterocycles. The Kier molecular flexibility index (Phi) is 5.94. The Morgan fingerprint density at radius 2 is 1.90 bits per heavy atom. The molecule has 6 nitrogen and oxygen atoms in total. The molecule has 0 bridgehead atoms. The van der Waals surface area contributed by atoms with Gasteiger partial charge in [0.1, 0.15) is 5.75 Å². The van der Waals surface area contributed by atoms with E-state index in [1.165, 1.54) is 0 Å². The third kappa shape index (κ3) is 4.34. The van der Waals surface area contributed by atoms with Crippen LogP contribution in [-0.2, 0) is 6.54 Å². The van der Waals surface area contributed by atoms with Gasteiger partial charge in [-0.1, -0.05) is 29.3 Å². The van der Waals surface area contributed by atoms with Crippen LogP contribution in [0.4, 0.5) is 11.6 Å². The number of hydrogen-bond donors (Lipinski definition) is 2. The van der Waals surface area contributed by atoms with E-state index in [9.17, 15) is 5.11 Å². The molecule has 4 rings (SSSR count). The minimum Gasteiger partial charge on any atom is -0.495 e. The summed E-state index contributed by atoms with van der Waals surface area (Å²) in [5.41, 5.74) is 1.00. The lowest BCUT2D eigenvalue weighted by molar-refractivity contribution is 0.145. The van der Waals surface area contributed by atoms with Gasteiger partial charge in [-0.3, -0.25) is 0 Å². The summed E-state index contributed by atoms with van der Waals surface area (Å²) in [4.78, 5) is 2.17. The largest absolute Gasteiger partial charge is 0.495 e. The van der Waals surface area contributed by atoms with Crippen LogP contribution in [0, 0.1) is 0 Å². The SMILES string of the molecule is COc1ccc(CNc2nnc(N3CCC(O)CC3)c3ccc(Cl)cc23)cc1Cl. The average molecular weight is 433 g/mol. The summed E-state index contributed by atoms with van der Waals surface area (Å²) in [6.07, 6.45) is 1.22. The molecule has 0 spiro atoms. The molecule has 0 atom stereocenters. The molecule has 1 fully saturated rings. The number of halogens is 2. The standard InChI is InChI=1S/C21H22Cl2N4O2/c1-29-19-5-2-13(10-18(19)23)12-24-20-17-11-14(22)3-4-16(17)21(26-25-20)27-8-6-15(28)7-9-27/h2-5,10-11,15,28H,6-9,12H2,1H3,(H,24,25). The maximum atomic E-state index is 9.79. The highest BCUT2D eigenvalue weighted by Gasteiger charge is 2.21. The fourth-order valence-corrected chi connectivity index (χ4v) is 4.01. The lowest BCUT2D eigenvalue weighted by Crippen LogP contribution is -2.36. The van der Waals surface area contributed by atoms with Gasteiger partial charge in [-0.25, -0.2) is 0 Å². The van der Waals surface area contributed by atoms with E-state index in [0.717, 1.165) is 48.1 Å². The van der Waals surface area contributed by atoms with Crippen molar-refractivity contribution in [1.82, 2.24) is 10.2 Å². The summed E-state index contributed by atoms with van der Waals surface area (Å²) < 4.78 is 5.20. The van der Waals surface area contributed by atoms with E-state index < -0.39 is 0 Å². The highest BCUT2D eigenvalue weighted by Crippen LogP contribution is 2.32. The molecule has 2 heterocycles. The van der Waals surface area contributed by atoms with Crippen molar-refractivity contribution in [1.29, 1.82) is 0 Å². The molecule has 0 amide bonds. The normalized spacial score (nSPS) is 15.0. The molecular formula is C21H22Cl2N4O2. The zero-order valence-corrected chi connectivity index (χ0v) is 17.5. The Morgan fingerprint density at radius 1 is 1.10 bits per heavy atom. The van der Waals surface area contributed by atoms with Crippen LogP contribution in [0.1, 0.15) is 18.4 Å².